The van der Waals surface area contributed by atoms with Crippen LogP contribution in [0.25, 0.3) is 0 Å². The zero-order valence-electron chi connectivity index (χ0n) is 10.7. The molecule has 1 aromatic rings. The van der Waals surface area contributed by atoms with Gasteiger partial charge in [0.1, 0.15) is 0 Å². The first-order chi connectivity index (χ1) is 9.19. The molecule has 3 aliphatic heterocycles. The third kappa shape index (κ3) is 2.28. The number of rotatable bonds is 2. The number of ether oxygens (including phenoxy) is 1. The lowest BCUT2D eigenvalue weighted by molar-refractivity contribution is 0.0434. The van der Waals surface area contributed by atoms with Crippen LogP contribution in [0.2, 0.25) is 5.02 Å². The molecule has 1 amide bonds. The summed E-state index contributed by atoms with van der Waals surface area (Å²) in [4.78, 5) is 18.6. The number of piperidine rings is 2. The predicted molar refractivity (Wildman–Crippen MR) is 71.6 cm³/mol. The third-order valence-corrected chi connectivity index (χ3v) is 4.15. The Morgan fingerprint density at radius 2 is 2.37 bits per heavy atom. The molecule has 4 heterocycles. The Morgan fingerprint density at radius 3 is 2.95 bits per heavy atom. The Kier molecular flexibility index (Phi) is 3.33. The summed E-state index contributed by atoms with van der Waals surface area (Å²) in [6.07, 6.45) is 2.18. The average molecular weight is 282 g/mol. The second-order valence-electron chi connectivity index (χ2n) is 4.98. The minimum absolute atomic E-state index is 0.0971. The van der Waals surface area contributed by atoms with Crippen molar-refractivity contribution < 1.29 is 9.53 Å². The monoisotopic (exact) mass is 281 g/mol. The summed E-state index contributed by atoms with van der Waals surface area (Å²) in [5, 5.41) is 3.80. The molecule has 3 saturated heterocycles. The van der Waals surface area contributed by atoms with Crippen LogP contribution >= 0.6 is 11.6 Å². The van der Waals surface area contributed by atoms with Crippen molar-refractivity contribution in [2.75, 3.05) is 20.2 Å². The molecule has 5 nitrogen and oxygen atoms in total. The van der Waals surface area contributed by atoms with E-state index in [1.54, 1.807) is 12.1 Å². The van der Waals surface area contributed by atoms with Crippen LogP contribution in [-0.4, -0.2) is 48.1 Å². The molecule has 0 aromatic carbocycles. The quantitative estimate of drug-likeness (QED) is 0.888. The highest BCUT2D eigenvalue weighted by atomic mass is 35.5. The second kappa shape index (κ2) is 4.98. The highest BCUT2D eigenvalue weighted by molar-refractivity contribution is 6.33. The first-order valence-electron chi connectivity index (χ1n) is 6.44. The topological polar surface area (TPSA) is 54.5 Å². The average Bonchev–Trinajstić information content (AvgIpc) is 2.48. The van der Waals surface area contributed by atoms with E-state index >= 15 is 0 Å². The van der Waals surface area contributed by atoms with Crippen LogP contribution in [0, 0.1) is 0 Å². The highest BCUT2D eigenvalue weighted by Gasteiger charge is 2.37. The van der Waals surface area contributed by atoms with E-state index in [1.807, 2.05) is 4.90 Å². The maximum atomic E-state index is 12.6. The molecule has 2 atom stereocenters. The van der Waals surface area contributed by atoms with Crippen LogP contribution in [0.4, 0.5) is 0 Å². The molecular weight excluding hydrogens is 266 g/mol. The van der Waals surface area contributed by atoms with Gasteiger partial charge in [-0.15, -0.1) is 0 Å². The van der Waals surface area contributed by atoms with Gasteiger partial charge >= 0.3 is 0 Å². The number of aromatic nitrogens is 1. The summed E-state index contributed by atoms with van der Waals surface area (Å²) in [7, 11) is 1.53. The van der Waals surface area contributed by atoms with Crippen molar-refractivity contribution in [1.82, 2.24) is 15.2 Å². The number of carbonyl (C=O) groups is 1. The van der Waals surface area contributed by atoms with E-state index in [9.17, 15) is 4.79 Å². The van der Waals surface area contributed by atoms with Crippen molar-refractivity contribution in [3.63, 3.8) is 0 Å². The zero-order valence-corrected chi connectivity index (χ0v) is 11.5. The molecule has 0 saturated carbocycles. The van der Waals surface area contributed by atoms with Crippen molar-refractivity contribution in [3.8, 4) is 5.88 Å². The fourth-order valence-corrected chi connectivity index (χ4v) is 2.97. The SMILES string of the molecule is COc1ccc(Cl)c(C(=O)N2CC3CCC2CN3)n1. The minimum Gasteiger partial charge on any atom is -0.481 e. The van der Waals surface area contributed by atoms with Gasteiger partial charge in [0.05, 0.1) is 12.1 Å². The van der Waals surface area contributed by atoms with E-state index in [4.69, 9.17) is 16.3 Å². The van der Waals surface area contributed by atoms with Crippen LogP contribution in [-0.2, 0) is 0 Å². The van der Waals surface area contributed by atoms with E-state index in [1.165, 1.54) is 7.11 Å². The Bertz CT molecular complexity index is 501. The van der Waals surface area contributed by atoms with Crippen molar-refractivity contribution >= 4 is 17.5 Å². The van der Waals surface area contributed by atoms with Gasteiger partial charge in [-0.1, -0.05) is 11.6 Å². The number of hydrogen-bond donors (Lipinski definition) is 1. The summed E-state index contributed by atoms with van der Waals surface area (Å²) in [5.41, 5.74) is 0.286. The molecule has 2 unspecified atom stereocenters. The fraction of sp³-hybridized carbons (Fsp3) is 0.538. The summed E-state index contributed by atoms with van der Waals surface area (Å²) >= 11 is 6.09. The third-order valence-electron chi connectivity index (χ3n) is 3.84. The van der Waals surface area contributed by atoms with Crippen LogP contribution in [0.15, 0.2) is 12.1 Å². The van der Waals surface area contributed by atoms with Crippen LogP contribution in [0.5, 0.6) is 5.88 Å². The molecule has 4 rings (SSSR count). The summed E-state index contributed by atoms with van der Waals surface area (Å²) in [6, 6.07) is 3.96. The molecule has 1 N–H and O–H groups in total. The van der Waals surface area contributed by atoms with Gasteiger partial charge in [0.15, 0.2) is 5.69 Å². The normalized spacial score (nSPS) is 25.5. The summed E-state index contributed by atoms with van der Waals surface area (Å²) < 4.78 is 5.06. The van der Waals surface area contributed by atoms with Gasteiger partial charge in [-0.05, 0) is 18.9 Å². The van der Waals surface area contributed by atoms with Crippen LogP contribution in [0.3, 0.4) is 0 Å². The van der Waals surface area contributed by atoms with E-state index in [0.29, 0.717) is 16.9 Å². The fourth-order valence-electron chi connectivity index (χ4n) is 2.78. The molecule has 1 aromatic heterocycles. The number of hydrogen-bond acceptors (Lipinski definition) is 4. The Hall–Kier alpha value is -1.33. The zero-order chi connectivity index (χ0) is 13.4. The lowest BCUT2D eigenvalue weighted by Gasteiger charge is -2.45. The number of methoxy groups -OCH3 is 1. The maximum Gasteiger partial charge on any atom is 0.274 e. The lowest BCUT2D eigenvalue weighted by Crippen LogP contribution is -2.62. The number of nitrogens with one attached hydrogen (secondary N) is 1. The van der Waals surface area contributed by atoms with Gasteiger partial charge in [-0.3, -0.25) is 4.79 Å². The van der Waals surface area contributed by atoms with Crippen molar-refractivity contribution in [3.05, 3.63) is 22.8 Å². The van der Waals surface area contributed by atoms with Crippen LogP contribution in [0.1, 0.15) is 23.3 Å². The Balaban J connectivity index is 1.87. The number of amides is 1. The Labute approximate surface area is 116 Å². The van der Waals surface area contributed by atoms with Gasteiger partial charge in [0, 0.05) is 31.2 Å². The van der Waals surface area contributed by atoms with Gasteiger partial charge in [-0.2, -0.15) is 0 Å². The standard InChI is InChI=1S/C13H16ClN3O2/c1-19-11-5-4-10(14)12(16-11)13(18)17-7-8-2-3-9(17)6-15-8/h4-5,8-9,15H,2-3,6-7H2,1H3. The molecule has 19 heavy (non-hydrogen) atoms. The number of halogens is 1. The number of piperazine rings is 1. The molecule has 0 aliphatic carbocycles. The first-order valence-corrected chi connectivity index (χ1v) is 6.81. The number of carbonyl (C=O) groups excluding carboxylic acids is 1. The van der Waals surface area contributed by atoms with Crippen LogP contribution < -0.4 is 10.1 Å². The van der Waals surface area contributed by atoms with E-state index in [-0.39, 0.29) is 17.6 Å². The van der Waals surface area contributed by atoms with Crippen molar-refractivity contribution in [2.24, 2.45) is 0 Å². The Morgan fingerprint density at radius 1 is 1.53 bits per heavy atom. The van der Waals surface area contributed by atoms with Crippen molar-refractivity contribution in [2.45, 2.75) is 24.9 Å². The molecule has 2 bridgehead atoms. The molecule has 0 radical (unpaired) electrons. The number of pyridine rings is 1. The van der Waals surface area contributed by atoms with Gasteiger partial charge in [0.2, 0.25) is 5.88 Å². The first kappa shape index (κ1) is 12.7. The molecule has 3 fully saturated rings. The predicted octanol–water partition coefficient (Wildman–Crippen LogP) is 1.32. The van der Waals surface area contributed by atoms with Gasteiger partial charge in [-0.25, -0.2) is 4.98 Å². The van der Waals surface area contributed by atoms with E-state index in [2.05, 4.69) is 10.3 Å². The van der Waals surface area contributed by atoms with E-state index < -0.39 is 0 Å². The van der Waals surface area contributed by atoms with Crippen molar-refractivity contribution in [1.29, 1.82) is 0 Å². The van der Waals surface area contributed by atoms with E-state index in [0.717, 1.165) is 25.9 Å². The summed E-state index contributed by atoms with van der Waals surface area (Å²) in [6.45, 7) is 1.59. The lowest BCUT2D eigenvalue weighted by atomic mass is 9.93. The molecular formula is C13H16ClN3O2. The number of fused-ring (bicyclic) bond motifs is 3. The molecule has 3 aliphatic rings. The molecule has 6 heteroatoms. The summed E-state index contributed by atoms with van der Waals surface area (Å²) in [5.74, 6) is 0.313. The number of nitrogens with zero attached hydrogens (tertiary/aromatic N) is 2. The molecule has 102 valence electrons. The van der Waals surface area contributed by atoms with Gasteiger partial charge in [0.25, 0.3) is 5.91 Å². The minimum atomic E-state index is -0.0971. The second-order valence-corrected chi connectivity index (χ2v) is 5.39. The smallest absolute Gasteiger partial charge is 0.274 e. The maximum absolute atomic E-state index is 12.6. The highest BCUT2D eigenvalue weighted by Crippen LogP contribution is 2.26. The van der Waals surface area contributed by atoms with Gasteiger partial charge < -0.3 is 15.0 Å². The largest absolute Gasteiger partial charge is 0.481 e. The molecule has 0 spiro atoms.